The number of allylic oxidation sites excluding steroid dienone is 3. The van der Waals surface area contributed by atoms with E-state index in [0.717, 1.165) is 82.0 Å². The van der Waals surface area contributed by atoms with E-state index >= 15 is 0 Å². The number of hydrogen-bond acceptors (Lipinski definition) is 5. The summed E-state index contributed by atoms with van der Waals surface area (Å²) in [6, 6.07) is 4.98. The van der Waals surface area contributed by atoms with Crippen LogP contribution < -0.4 is 5.32 Å². The molecule has 1 aromatic heterocycles. The van der Waals surface area contributed by atoms with Crippen molar-refractivity contribution in [1.29, 1.82) is 5.26 Å². The summed E-state index contributed by atoms with van der Waals surface area (Å²) in [5.74, 6) is 1.36. The number of nitrogens with zero attached hydrogens (tertiary/aromatic N) is 3. The van der Waals surface area contributed by atoms with E-state index < -0.39 is 0 Å². The van der Waals surface area contributed by atoms with Crippen LogP contribution in [0.2, 0.25) is 0 Å². The first-order valence-corrected chi connectivity index (χ1v) is 11.7. The van der Waals surface area contributed by atoms with Gasteiger partial charge in [0, 0.05) is 38.8 Å². The lowest BCUT2D eigenvalue weighted by atomic mass is 9.83. The Morgan fingerprint density at radius 3 is 2.44 bits per heavy atom. The van der Waals surface area contributed by atoms with Crippen molar-refractivity contribution in [2.45, 2.75) is 52.4 Å². The molecule has 7 heteroatoms. The van der Waals surface area contributed by atoms with E-state index in [2.05, 4.69) is 23.2 Å². The molecule has 0 spiro atoms. The Kier molecular flexibility index (Phi) is 6.69. The van der Waals surface area contributed by atoms with Crippen LogP contribution in [0.5, 0.6) is 0 Å². The summed E-state index contributed by atoms with van der Waals surface area (Å²) in [7, 11) is 0. The number of rotatable bonds is 4. The van der Waals surface area contributed by atoms with E-state index in [-0.39, 0.29) is 23.3 Å². The molecule has 1 N–H and O–H groups in total. The Labute approximate surface area is 189 Å². The minimum atomic E-state index is -0.309. The number of nitrogens with one attached hydrogen (secondary N) is 1. The predicted octanol–water partition coefficient (Wildman–Crippen LogP) is 3.80. The predicted molar refractivity (Wildman–Crippen MR) is 120 cm³/mol. The van der Waals surface area contributed by atoms with Crippen LogP contribution >= 0.6 is 0 Å². The number of nitriles is 1. The van der Waals surface area contributed by atoms with Crippen molar-refractivity contribution in [1.82, 2.24) is 15.1 Å². The van der Waals surface area contributed by atoms with Crippen molar-refractivity contribution in [2.24, 2.45) is 11.8 Å². The average Bonchev–Trinajstić information content (AvgIpc) is 3.30. The Balaban J connectivity index is 1.55. The normalized spacial score (nSPS) is 20.7. The first-order chi connectivity index (χ1) is 15.4. The molecule has 3 aliphatic rings. The van der Waals surface area contributed by atoms with Crippen molar-refractivity contribution in [3.63, 3.8) is 0 Å². The van der Waals surface area contributed by atoms with Gasteiger partial charge in [0.25, 0.3) is 5.91 Å². The van der Waals surface area contributed by atoms with Gasteiger partial charge in [0.2, 0.25) is 11.7 Å². The van der Waals surface area contributed by atoms with E-state index in [9.17, 15) is 9.59 Å². The molecule has 2 saturated heterocycles. The molecule has 4 rings (SSSR count). The summed E-state index contributed by atoms with van der Waals surface area (Å²) in [6.07, 6.45) is 8.28. The van der Waals surface area contributed by atoms with Gasteiger partial charge in [-0.3, -0.25) is 9.59 Å². The highest BCUT2D eigenvalue weighted by Crippen LogP contribution is 2.35. The molecule has 1 aromatic rings. The third-order valence-corrected chi connectivity index (χ3v) is 7.09. The van der Waals surface area contributed by atoms with Gasteiger partial charge in [-0.1, -0.05) is 12.5 Å². The molecule has 2 amide bonds. The zero-order valence-electron chi connectivity index (χ0n) is 19.0. The van der Waals surface area contributed by atoms with Crippen LogP contribution in [-0.4, -0.2) is 47.8 Å². The minimum Gasteiger partial charge on any atom is -0.440 e. The van der Waals surface area contributed by atoms with E-state index in [0.29, 0.717) is 5.92 Å². The molecule has 0 saturated carbocycles. The maximum absolute atomic E-state index is 12.8. The summed E-state index contributed by atoms with van der Waals surface area (Å²) in [6.45, 7) is 7.56. The Morgan fingerprint density at radius 1 is 1.09 bits per heavy atom. The van der Waals surface area contributed by atoms with Gasteiger partial charge < -0.3 is 19.5 Å². The molecule has 1 aliphatic carbocycles. The molecular weight excluding hydrogens is 404 g/mol. The highest BCUT2D eigenvalue weighted by atomic mass is 16.3. The molecule has 0 bridgehead atoms. The summed E-state index contributed by atoms with van der Waals surface area (Å²) >= 11 is 0. The van der Waals surface area contributed by atoms with Crippen molar-refractivity contribution < 1.29 is 14.0 Å². The second-order valence-corrected chi connectivity index (χ2v) is 9.26. The van der Waals surface area contributed by atoms with Gasteiger partial charge in [-0.05, 0) is 68.6 Å². The average molecular weight is 437 g/mol. The third-order valence-electron chi connectivity index (χ3n) is 7.09. The third kappa shape index (κ3) is 4.90. The van der Waals surface area contributed by atoms with Crippen molar-refractivity contribution >= 4 is 11.8 Å². The zero-order valence-corrected chi connectivity index (χ0v) is 19.0. The van der Waals surface area contributed by atoms with Gasteiger partial charge in [-0.25, -0.2) is 0 Å². The van der Waals surface area contributed by atoms with Gasteiger partial charge in [-0.15, -0.1) is 0 Å². The van der Waals surface area contributed by atoms with E-state index in [1.54, 1.807) is 13.0 Å². The first-order valence-electron chi connectivity index (χ1n) is 11.7. The molecule has 0 aromatic carbocycles. The number of hydrogen-bond donors (Lipinski definition) is 1. The Morgan fingerprint density at radius 2 is 1.81 bits per heavy atom. The molecule has 0 unspecified atom stereocenters. The largest absolute Gasteiger partial charge is 0.440 e. The van der Waals surface area contributed by atoms with Crippen LogP contribution in [0.25, 0.3) is 0 Å². The minimum absolute atomic E-state index is 0.136. The molecule has 7 nitrogen and oxygen atoms in total. The fraction of sp³-hybridized carbons (Fsp3) is 0.560. The number of piperidine rings is 2. The Hall–Kier alpha value is -3.01. The number of amides is 2. The maximum atomic E-state index is 12.8. The second kappa shape index (κ2) is 9.64. The number of carbonyl (C=O) groups excluding carboxylic acids is 2. The van der Waals surface area contributed by atoms with Gasteiger partial charge in [0.15, 0.2) is 5.76 Å². The van der Waals surface area contributed by atoms with Crippen molar-refractivity contribution in [3.05, 3.63) is 46.7 Å². The number of likely N-dealkylation sites (tertiary alicyclic amines) is 2. The van der Waals surface area contributed by atoms with Crippen molar-refractivity contribution in [2.75, 3.05) is 26.2 Å². The van der Waals surface area contributed by atoms with Gasteiger partial charge >= 0.3 is 0 Å². The summed E-state index contributed by atoms with van der Waals surface area (Å²) in [5, 5.41) is 12.0. The summed E-state index contributed by atoms with van der Waals surface area (Å²) < 4.78 is 5.32. The maximum Gasteiger partial charge on any atom is 0.291 e. The second-order valence-electron chi connectivity index (χ2n) is 9.26. The van der Waals surface area contributed by atoms with Crippen LogP contribution in [0, 0.1) is 23.2 Å². The molecule has 2 fully saturated rings. The van der Waals surface area contributed by atoms with Crippen LogP contribution in [0.4, 0.5) is 0 Å². The van der Waals surface area contributed by atoms with Crippen LogP contribution in [0.3, 0.4) is 0 Å². The SMILES string of the molecule is CC(=O)N1CCC(C2=CC(N3CCC(C)CC3)=C(NC(=O)c3ccc(C#N)o3)CC2)CC1. The van der Waals surface area contributed by atoms with Crippen LogP contribution in [0.15, 0.2) is 39.6 Å². The van der Waals surface area contributed by atoms with E-state index in [4.69, 9.17) is 9.68 Å². The van der Waals surface area contributed by atoms with Gasteiger partial charge in [0.1, 0.15) is 6.07 Å². The monoisotopic (exact) mass is 436 g/mol. The lowest BCUT2D eigenvalue weighted by Gasteiger charge is -2.38. The fourth-order valence-electron chi connectivity index (χ4n) is 5.00. The molecule has 0 radical (unpaired) electrons. The molecular formula is C25H32N4O3. The number of furan rings is 1. The topological polar surface area (TPSA) is 89.6 Å². The zero-order chi connectivity index (χ0) is 22.7. The molecule has 3 heterocycles. The van der Waals surface area contributed by atoms with Crippen LogP contribution in [-0.2, 0) is 4.79 Å². The molecule has 32 heavy (non-hydrogen) atoms. The molecule has 0 atom stereocenters. The smallest absolute Gasteiger partial charge is 0.291 e. The molecule has 2 aliphatic heterocycles. The lowest BCUT2D eigenvalue weighted by molar-refractivity contribution is -0.130. The van der Waals surface area contributed by atoms with Crippen molar-refractivity contribution in [3.8, 4) is 6.07 Å². The highest BCUT2D eigenvalue weighted by molar-refractivity contribution is 5.93. The number of carbonyl (C=O) groups is 2. The lowest BCUT2D eigenvalue weighted by Crippen LogP contribution is -2.39. The quantitative estimate of drug-likeness (QED) is 0.775. The summed E-state index contributed by atoms with van der Waals surface area (Å²) in [5.41, 5.74) is 3.49. The summed E-state index contributed by atoms with van der Waals surface area (Å²) in [4.78, 5) is 28.8. The van der Waals surface area contributed by atoms with E-state index in [1.807, 2.05) is 11.0 Å². The highest BCUT2D eigenvalue weighted by Gasteiger charge is 2.29. The first kappa shape index (κ1) is 22.2. The van der Waals surface area contributed by atoms with Crippen LogP contribution in [0.1, 0.15) is 68.7 Å². The molecule has 170 valence electrons. The Bertz CT molecular complexity index is 968. The van der Waals surface area contributed by atoms with E-state index in [1.165, 1.54) is 11.6 Å². The standard InChI is InChI=1S/C25H32N4O3/c1-17-7-11-29(12-8-17)23-15-20(19-9-13-28(14-10-19)18(2)30)3-5-22(23)27-25(31)24-6-4-21(16-26)32-24/h4,6,15,17,19H,3,5,7-14H2,1-2H3,(H,27,31). The van der Waals surface area contributed by atoms with Gasteiger partial charge in [0.05, 0.1) is 5.70 Å². The van der Waals surface area contributed by atoms with Gasteiger partial charge in [-0.2, -0.15) is 5.26 Å². The fourth-order valence-corrected chi connectivity index (χ4v) is 5.00.